The summed E-state index contributed by atoms with van der Waals surface area (Å²) >= 11 is 0. The van der Waals surface area contributed by atoms with E-state index in [9.17, 15) is 0 Å². The van der Waals surface area contributed by atoms with Gasteiger partial charge in [0.1, 0.15) is 0 Å². The first kappa shape index (κ1) is 54.5. The van der Waals surface area contributed by atoms with Gasteiger partial charge in [-0.2, -0.15) is 0 Å². The van der Waals surface area contributed by atoms with Crippen LogP contribution in [0.3, 0.4) is 0 Å². The minimum atomic E-state index is 0.517. The summed E-state index contributed by atoms with van der Waals surface area (Å²) < 4.78 is 65.9. The second kappa shape index (κ2) is 53.5. The van der Waals surface area contributed by atoms with Crippen LogP contribution in [-0.2, 0) is 56.8 Å². The first-order chi connectivity index (χ1) is 27.4. The van der Waals surface area contributed by atoms with Crippen LogP contribution in [-0.4, -0.2) is 165 Å². The number of nitrogens with two attached hydrogens (primary N) is 1. The molecular weight excluding hydrogens is 710 g/mol. The maximum Gasteiger partial charge on any atom is 0.0701 e. The van der Waals surface area contributed by atoms with Crippen molar-refractivity contribution in [3.63, 3.8) is 0 Å². The van der Waals surface area contributed by atoms with E-state index in [4.69, 9.17) is 62.6 Å². The van der Waals surface area contributed by atoms with E-state index in [-0.39, 0.29) is 0 Å². The predicted octanol–water partition coefficient (Wildman–Crippen LogP) is 6.41. The van der Waals surface area contributed by atoms with E-state index in [1.54, 1.807) is 0 Å². The molecule has 0 rings (SSSR count). The molecule has 0 aliphatic heterocycles. The van der Waals surface area contributed by atoms with Crippen LogP contribution in [0.15, 0.2) is 0 Å². The molecule has 332 valence electrons. The maximum atomic E-state index is 5.70. The summed E-state index contributed by atoms with van der Waals surface area (Å²) in [4.78, 5) is 0. The van der Waals surface area contributed by atoms with Crippen molar-refractivity contribution in [2.24, 2.45) is 5.73 Å². The molecule has 13 nitrogen and oxygen atoms in total. The zero-order chi connectivity index (χ0) is 39.5. The highest BCUT2D eigenvalue weighted by Gasteiger charge is 1.98. The number of unbranched alkanes of at least 4 members (excludes halogenated alkanes) is 15. The number of ether oxygens (including phenoxy) is 12. The maximum absolute atomic E-state index is 5.70. The van der Waals surface area contributed by atoms with Crippen molar-refractivity contribution in [1.29, 1.82) is 0 Å². The summed E-state index contributed by atoms with van der Waals surface area (Å²) in [6, 6.07) is 0. The Labute approximate surface area is 336 Å². The van der Waals surface area contributed by atoms with Gasteiger partial charge in [-0.1, -0.05) is 103 Å². The Kier molecular flexibility index (Phi) is 53.0. The fourth-order valence-corrected chi connectivity index (χ4v) is 5.36. The van der Waals surface area contributed by atoms with Crippen LogP contribution in [0.5, 0.6) is 0 Å². The summed E-state index contributed by atoms with van der Waals surface area (Å²) in [5.74, 6) is 0. The van der Waals surface area contributed by atoms with Gasteiger partial charge in [-0.05, 0) is 6.42 Å². The molecule has 0 amide bonds. The van der Waals surface area contributed by atoms with E-state index >= 15 is 0 Å². The molecule has 13 heteroatoms. The van der Waals surface area contributed by atoms with Crippen LogP contribution < -0.4 is 5.73 Å². The van der Waals surface area contributed by atoms with Crippen LogP contribution in [0.1, 0.15) is 110 Å². The Hall–Kier alpha value is -0.520. The number of hydrogen-bond acceptors (Lipinski definition) is 13. The van der Waals surface area contributed by atoms with E-state index in [2.05, 4.69) is 6.92 Å². The summed E-state index contributed by atoms with van der Waals surface area (Å²) in [7, 11) is 0. The molecule has 0 aromatic carbocycles. The first-order valence-electron chi connectivity index (χ1n) is 22.0. The summed E-state index contributed by atoms with van der Waals surface area (Å²) in [5.41, 5.74) is 5.34. The largest absolute Gasteiger partial charge is 0.379 e. The normalized spacial score (nSPS) is 11.7. The predicted molar refractivity (Wildman–Crippen MR) is 218 cm³/mol. The minimum absolute atomic E-state index is 0.517. The standard InChI is InChI=1S/C42H87NO12/c1-2-3-4-5-6-7-8-9-10-11-12-13-14-15-16-17-19-44-21-23-46-25-27-48-29-31-50-33-35-52-37-39-54-41-42-55-40-38-53-36-34-51-32-30-49-28-26-47-24-22-45-20-18-43/h2-43H2,1H3. The van der Waals surface area contributed by atoms with Crippen molar-refractivity contribution in [3.8, 4) is 0 Å². The first-order valence-corrected chi connectivity index (χ1v) is 22.0. The molecule has 0 saturated carbocycles. The molecule has 55 heavy (non-hydrogen) atoms. The molecule has 0 saturated heterocycles. The Bertz CT molecular complexity index is 604. The van der Waals surface area contributed by atoms with Crippen molar-refractivity contribution in [3.05, 3.63) is 0 Å². The smallest absolute Gasteiger partial charge is 0.0701 e. The Morgan fingerprint density at radius 3 is 0.564 bits per heavy atom. The van der Waals surface area contributed by atoms with E-state index < -0.39 is 0 Å². The average molecular weight is 798 g/mol. The SMILES string of the molecule is CCCCCCCCCCCCCCCCCCOCCOCCOCCOCCOCCOCCOCCOCCOCCOCCOCCOCCN. The lowest BCUT2D eigenvalue weighted by Crippen LogP contribution is -2.15. The van der Waals surface area contributed by atoms with Gasteiger partial charge in [0, 0.05) is 13.2 Å². The highest BCUT2D eigenvalue weighted by Crippen LogP contribution is 2.13. The van der Waals surface area contributed by atoms with Gasteiger partial charge in [0.2, 0.25) is 0 Å². The molecule has 0 aliphatic rings. The molecule has 0 aromatic heterocycles. The molecule has 0 spiro atoms. The topological polar surface area (TPSA) is 137 Å². The highest BCUT2D eigenvalue weighted by atomic mass is 16.6. The van der Waals surface area contributed by atoms with Crippen molar-refractivity contribution in [1.82, 2.24) is 0 Å². The zero-order valence-corrected chi connectivity index (χ0v) is 35.5. The van der Waals surface area contributed by atoms with Gasteiger partial charge in [0.25, 0.3) is 0 Å². The van der Waals surface area contributed by atoms with E-state index in [1.807, 2.05) is 0 Å². The highest BCUT2D eigenvalue weighted by molar-refractivity contribution is 4.50. The fraction of sp³-hybridized carbons (Fsp3) is 1.00. The third kappa shape index (κ3) is 53.5. The molecule has 0 aromatic rings. The van der Waals surface area contributed by atoms with Gasteiger partial charge in [-0.25, -0.2) is 0 Å². The number of hydrogen-bond donors (Lipinski definition) is 1. The fourth-order valence-electron chi connectivity index (χ4n) is 5.36. The molecule has 0 radical (unpaired) electrons. The van der Waals surface area contributed by atoms with E-state index in [0.717, 1.165) is 13.0 Å². The Morgan fingerprint density at radius 1 is 0.200 bits per heavy atom. The average Bonchev–Trinajstić information content (AvgIpc) is 3.20. The van der Waals surface area contributed by atoms with Crippen molar-refractivity contribution >= 4 is 0 Å². The van der Waals surface area contributed by atoms with Crippen molar-refractivity contribution in [2.45, 2.75) is 110 Å². The second-order valence-corrected chi connectivity index (χ2v) is 13.4. The molecule has 0 bridgehead atoms. The van der Waals surface area contributed by atoms with Crippen molar-refractivity contribution < 1.29 is 56.8 Å². The molecular formula is C42H87NO12. The van der Waals surface area contributed by atoms with Crippen LogP contribution >= 0.6 is 0 Å². The minimum Gasteiger partial charge on any atom is -0.379 e. The monoisotopic (exact) mass is 798 g/mol. The molecule has 0 heterocycles. The number of rotatable bonds is 52. The van der Waals surface area contributed by atoms with Gasteiger partial charge in [-0.15, -0.1) is 0 Å². The van der Waals surface area contributed by atoms with Gasteiger partial charge in [0.05, 0.1) is 152 Å². The summed E-state index contributed by atoms with van der Waals surface area (Å²) in [5, 5.41) is 0. The zero-order valence-electron chi connectivity index (χ0n) is 35.5. The van der Waals surface area contributed by atoms with Crippen LogP contribution in [0, 0.1) is 0 Å². The van der Waals surface area contributed by atoms with E-state index in [1.165, 1.54) is 96.3 Å². The molecule has 0 unspecified atom stereocenters. The third-order valence-corrected chi connectivity index (χ3v) is 8.50. The quantitative estimate of drug-likeness (QED) is 0.0680. The lowest BCUT2D eigenvalue weighted by Gasteiger charge is -2.09. The lowest BCUT2D eigenvalue weighted by atomic mass is 10.0. The Balaban J connectivity index is 3.05. The van der Waals surface area contributed by atoms with Gasteiger partial charge < -0.3 is 62.6 Å². The molecule has 0 fully saturated rings. The third-order valence-electron chi connectivity index (χ3n) is 8.50. The molecule has 0 aliphatic carbocycles. The van der Waals surface area contributed by atoms with E-state index in [0.29, 0.717) is 159 Å². The van der Waals surface area contributed by atoms with Crippen LogP contribution in [0.2, 0.25) is 0 Å². The van der Waals surface area contributed by atoms with Gasteiger partial charge in [0.15, 0.2) is 0 Å². The van der Waals surface area contributed by atoms with Crippen LogP contribution in [0.4, 0.5) is 0 Å². The molecule has 0 atom stereocenters. The van der Waals surface area contributed by atoms with Crippen molar-refractivity contribution in [2.75, 3.05) is 165 Å². The van der Waals surface area contributed by atoms with Crippen LogP contribution in [0.25, 0.3) is 0 Å². The van der Waals surface area contributed by atoms with Gasteiger partial charge in [-0.3, -0.25) is 0 Å². The second-order valence-electron chi connectivity index (χ2n) is 13.4. The van der Waals surface area contributed by atoms with Gasteiger partial charge >= 0.3 is 0 Å². The lowest BCUT2D eigenvalue weighted by molar-refractivity contribution is -0.0283. The Morgan fingerprint density at radius 2 is 0.364 bits per heavy atom. The summed E-state index contributed by atoms with van der Waals surface area (Å²) in [6.45, 7) is 16.1. The molecule has 2 N–H and O–H groups in total. The summed E-state index contributed by atoms with van der Waals surface area (Å²) in [6.07, 6.45) is 22.2.